The third-order valence-electron chi connectivity index (χ3n) is 11.1. The lowest BCUT2D eigenvalue weighted by atomic mass is 9.97. The van der Waals surface area contributed by atoms with Crippen molar-refractivity contribution in [2.75, 3.05) is 57.8 Å². The lowest BCUT2D eigenvalue weighted by molar-refractivity contribution is 0.0795. The number of carbonyl (C=O) groups is 3. The third kappa shape index (κ3) is 7.09. The summed E-state index contributed by atoms with van der Waals surface area (Å²) in [6.07, 6.45) is 7.23. The van der Waals surface area contributed by atoms with Crippen LogP contribution < -0.4 is 34.5 Å². The van der Waals surface area contributed by atoms with Gasteiger partial charge in [0.05, 0.1) is 74.1 Å². The van der Waals surface area contributed by atoms with E-state index in [9.17, 15) is 19.5 Å². The number of nitrogens with zero attached hydrogens (tertiary/aromatic N) is 4. The minimum absolute atomic E-state index is 0.0724. The van der Waals surface area contributed by atoms with Gasteiger partial charge in [-0.05, 0) is 72.9 Å². The van der Waals surface area contributed by atoms with Crippen LogP contribution in [0.5, 0.6) is 23.0 Å². The Morgan fingerprint density at radius 1 is 0.875 bits per heavy atom. The maximum Gasteiger partial charge on any atom is 0.416 e. The van der Waals surface area contributed by atoms with E-state index in [2.05, 4.69) is 20.6 Å². The van der Waals surface area contributed by atoms with E-state index in [0.717, 1.165) is 39.9 Å². The quantitative estimate of drug-likeness (QED) is 0.186. The Kier molecular flexibility index (Phi) is 10.0. The fraction of sp³-hybridized carbons (Fsp3) is 0.390. The van der Waals surface area contributed by atoms with Crippen molar-refractivity contribution in [3.05, 3.63) is 77.7 Å². The molecule has 4 heterocycles. The molecule has 3 N–H and O–H groups in total. The van der Waals surface area contributed by atoms with E-state index < -0.39 is 18.2 Å². The first-order valence-electron chi connectivity index (χ1n) is 18.7. The molecule has 15 heteroatoms. The van der Waals surface area contributed by atoms with Crippen LogP contribution in [-0.4, -0.2) is 97.8 Å². The normalized spacial score (nSPS) is 19.8. The number of benzene rings is 3. The molecular formula is C41H44N6O9. The summed E-state index contributed by atoms with van der Waals surface area (Å²) < 4.78 is 28.5. The maximum absolute atomic E-state index is 13.9. The molecule has 1 unspecified atom stereocenters. The molecule has 3 aromatic carbocycles. The summed E-state index contributed by atoms with van der Waals surface area (Å²) in [6, 6.07) is 12.4. The fourth-order valence-corrected chi connectivity index (χ4v) is 7.68. The van der Waals surface area contributed by atoms with Crippen LogP contribution in [-0.2, 0) is 4.74 Å². The van der Waals surface area contributed by atoms with Crippen molar-refractivity contribution in [3.8, 4) is 23.0 Å². The molecular weight excluding hydrogens is 720 g/mol. The monoisotopic (exact) mass is 764 g/mol. The molecule has 292 valence electrons. The highest BCUT2D eigenvalue weighted by Gasteiger charge is 2.44. The van der Waals surface area contributed by atoms with E-state index in [1.54, 1.807) is 29.4 Å². The van der Waals surface area contributed by atoms with Gasteiger partial charge in [0.25, 0.3) is 11.8 Å². The molecule has 0 bridgehead atoms. The van der Waals surface area contributed by atoms with Gasteiger partial charge in [0.2, 0.25) is 0 Å². The third-order valence-corrected chi connectivity index (χ3v) is 11.1. The molecule has 4 aliphatic rings. The van der Waals surface area contributed by atoms with Crippen LogP contribution in [0.25, 0.3) is 16.6 Å². The van der Waals surface area contributed by atoms with Crippen LogP contribution in [0.3, 0.4) is 0 Å². The highest BCUT2D eigenvalue weighted by molar-refractivity contribution is 6.05. The molecule has 15 nitrogen and oxygen atoms in total. The minimum atomic E-state index is -1.21. The summed E-state index contributed by atoms with van der Waals surface area (Å²) in [5, 5.41) is 17.6. The number of aromatic nitrogens is 2. The van der Waals surface area contributed by atoms with E-state index in [1.165, 1.54) is 33.5 Å². The molecule has 56 heavy (non-hydrogen) atoms. The van der Waals surface area contributed by atoms with Crippen molar-refractivity contribution in [3.63, 3.8) is 0 Å². The van der Waals surface area contributed by atoms with Gasteiger partial charge in [-0.15, -0.1) is 0 Å². The van der Waals surface area contributed by atoms with Crippen LogP contribution in [0.1, 0.15) is 64.8 Å². The molecule has 0 radical (unpaired) electrons. The molecule has 3 amide bonds. The number of amides is 3. The van der Waals surface area contributed by atoms with Gasteiger partial charge in [-0.3, -0.25) is 24.5 Å². The maximum atomic E-state index is 13.9. The number of methoxy groups -OCH3 is 3. The van der Waals surface area contributed by atoms with Crippen molar-refractivity contribution in [2.45, 2.75) is 50.8 Å². The van der Waals surface area contributed by atoms with Crippen molar-refractivity contribution < 1.29 is 43.2 Å². The van der Waals surface area contributed by atoms with E-state index in [0.29, 0.717) is 61.5 Å². The molecule has 2 atom stereocenters. The summed E-state index contributed by atoms with van der Waals surface area (Å²) in [5.41, 5.74) is 5.03. The Morgan fingerprint density at radius 2 is 1.59 bits per heavy atom. The van der Waals surface area contributed by atoms with Crippen molar-refractivity contribution in [2.24, 2.45) is 5.41 Å². The molecule has 1 fully saturated rings. The van der Waals surface area contributed by atoms with Gasteiger partial charge in [-0.2, -0.15) is 0 Å². The van der Waals surface area contributed by atoms with E-state index in [4.69, 9.17) is 23.7 Å². The van der Waals surface area contributed by atoms with Crippen LogP contribution >= 0.6 is 0 Å². The van der Waals surface area contributed by atoms with Gasteiger partial charge in [0.15, 0.2) is 23.0 Å². The molecule has 1 aromatic heterocycles. The summed E-state index contributed by atoms with van der Waals surface area (Å²) in [7, 11) is 4.22. The fourth-order valence-electron chi connectivity index (χ4n) is 7.68. The Bertz CT molecular complexity index is 2220. The first kappa shape index (κ1) is 36.9. The number of ether oxygens (including phenoxy) is 5. The summed E-state index contributed by atoms with van der Waals surface area (Å²) >= 11 is 0. The van der Waals surface area contributed by atoms with Crippen LogP contribution in [0, 0.1) is 5.41 Å². The lowest BCUT2D eigenvalue weighted by Gasteiger charge is -2.31. The number of carbonyl (C=O) groups excluding carboxylic acids is 3. The van der Waals surface area contributed by atoms with Crippen LogP contribution in [0.15, 0.2) is 61.1 Å². The van der Waals surface area contributed by atoms with E-state index in [1.807, 2.05) is 24.4 Å². The zero-order valence-corrected chi connectivity index (χ0v) is 31.5. The minimum Gasteiger partial charge on any atom is -0.493 e. The second kappa shape index (κ2) is 15.2. The van der Waals surface area contributed by atoms with Gasteiger partial charge in [0.1, 0.15) is 6.23 Å². The largest absolute Gasteiger partial charge is 0.493 e. The second-order valence-electron chi connectivity index (χ2n) is 14.5. The average molecular weight is 765 g/mol. The summed E-state index contributed by atoms with van der Waals surface area (Å²) in [4.78, 5) is 52.0. The summed E-state index contributed by atoms with van der Waals surface area (Å²) in [6.45, 7) is 1.45. The smallest absolute Gasteiger partial charge is 0.416 e. The highest BCUT2D eigenvalue weighted by atomic mass is 16.5. The average Bonchev–Trinajstić information content (AvgIpc) is 3.90. The Morgan fingerprint density at radius 3 is 2.30 bits per heavy atom. The van der Waals surface area contributed by atoms with Crippen molar-refractivity contribution in [1.29, 1.82) is 0 Å². The zero-order valence-electron chi connectivity index (χ0n) is 31.5. The number of anilines is 2. The van der Waals surface area contributed by atoms with Gasteiger partial charge in [-0.25, -0.2) is 4.79 Å². The molecule has 1 spiro atoms. The standard InChI is InChI=1S/C41H44N6O9/c1-52-33-17-27-30(44-21-26-15-25(22-46(26)39(27)50)24-5-6-29-31(16-24)43-12-11-42-29)19-35(33)55-13-4-14-56-36-20-32-28(18-34(36)53-2)38(49)45-23-41(9-10-41)8-7-37(48)47(32)40(51)54-3/h5-6,11-12,16-20,22,26,37,44,48H,4,7-10,13-15,21,23H2,1-3H3,(H,45,49)/t26-,37?/m0/s1. The molecule has 0 saturated heterocycles. The number of hydrogen-bond donors (Lipinski definition) is 3. The molecule has 8 rings (SSSR count). The Balaban J connectivity index is 0.947. The van der Waals surface area contributed by atoms with E-state index >= 15 is 0 Å². The van der Waals surface area contributed by atoms with Gasteiger partial charge in [0, 0.05) is 50.2 Å². The molecule has 4 aromatic rings. The SMILES string of the molecule is COC(=O)N1c2cc(OCCCOc3cc4c(cc3OC)C(=O)N3C=C(c5ccc6nccnc6c5)C[C@H]3CN4)c(OC)cc2C(=O)NCC2(CCC1O)CC2. The second-order valence-corrected chi connectivity index (χ2v) is 14.5. The van der Waals surface area contributed by atoms with Crippen LogP contribution in [0.2, 0.25) is 0 Å². The predicted octanol–water partition coefficient (Wildman–Crippen LogP) is 5.37. The zero-order chi connectivity index (χ0) is 39.0. The number of aliphatic hydroxyl groups excluding tert-OH is 1. The highest BCUT2D eigenvalue weighted by Crippen LogP contribution is 2.50. The predicted molar refractivity (Wildman–Crippen MR) is 206 cm³/mol. The first-order chi connectivity index (χ1) is 27.2. The lowest BCUT2D eigenvalue weighted by Crippen LogP contribution is -2.44. The number of aliphatic hydroxyl groups is 1. The topological polar surface area (TPSA) is 174 Å². The van der Waals surface area contributed by atoms with Crippen molar-refractivity contribution in [1.82, 2.24) is 20.2 Å². The number of rotatable bonds is 9. The molecule has 1 saturated carbocycles. The number of fused-ring (bicyclic) bond motifs is 4. The van der Waals surface area contributed by atoms with Gasteiger partial charge < -0.3 is 44.3 Å². The first-order valence-corrected chi connectivity index (χ1v) is 18.7. The van der Waals surface area contributed by atoms with Gasteiger partial charge in [-0.1, -0.05) is 6.07 Å². The number of hydrogen-bond acceptors (Lipinski definition) is 12. The summed E-state index contributed by atoms with van der Waals surface area (Å²) in [5.74, 6) is 0.911. The molecule has 3 aliphatic heterocycles. The van der Waals surface area contributed by atoms with E-state index in [-0.39, 0.29) is 53.3 Å². The Hall–Kier alpha value is -6.09. The van der Waals surface area contributed by atoms with Crippen LogP contribution in [0.4, 0.5) is 16.2 Å². The Labute approximate surface area is 323 Å². The van der Waals surface area contributed by atoms with Crippen molar-refractivity contribution >= 4 is 45.9 Å². The molecule has 1 aliphatic carbocycles. The number of nitrogens with one attached hydrogen (secondary N) is 2. The van der Waals surface area contributed by atoms with Gasteiger partial charge >= 0.3 is 6.09 Å².